The highest BCUT2D eigenvalue weighted by Crippen LogP contribution is 2.29. The third-order valence-corrected chi connectivity index (χ3v) is 4.39. The van der Waals surface area contributed by atoms with Gasteiger partial charge in [-0.15, -0.1) is 0 Å². The van der Waals surface area contributed by atoms with Gasteiger partial charge < -0.3 is 9.72 Å². The average Bonchev–Trinajstić information content (AvgIpc) is 2.96. The van der Waals surface area contributed by atoms with Gasteiger partial charge >= 0.3 is 0 Å². The number of ether oxygens (including phenoxy) is 1. The fourth-order valence-electron chi connectivity index (χ4n) is 3.49. The van der Waals surface area contributed by atoms with Crippen molar-refractivity contribution in [3.05, 3.63) is 23.0 Å². The number of aromatic nitrogens is 1. The molecule has 0 spiro atoms. The molecule has 104 valence electrons. The molecule has 2 atom stereocenters. The normalized spacial score (nSPS) is 27.5. The molecule has 19 heavy (non-hydrogen) atoms. The monoisotopic (exact) mass is 262 g/mol. The van der Waals surface area contributed by atoms with E-state index in [0.717, 1.165) is 36.5 Å². The minimum atomic E-state index is 0.231. The number of fused-ring (bicyclic) bond motifs is 1. The summed E-state index contributed by atoms with van der Waals surface area (Å²) in [5, 5.41) is 0. The molecule has 0 radical (unpaired) electrons. The van der Waals surface area contributed by atoms with Gasteiger partial charge in [0.15, 0.2) is 5.78 Å². The summed E-state index contributed by atoms with van der Waals surface area (Å²) in [4.78, 5) is 18.0. The lowest BCUT2D eigenvalue weighted by atomic mass is 10.1. The molecule has 1 aliphatic heterocycles. The first-order valence-electron chi connectivity index (χ1n) is 7.20. The van der Waals surface area contributed by atoms with Crippen molar-refractivity contribution >= 4 is 5.78 Å². The molecule has 0 aromatic carbocycles. The van der Waals surface area contributed by atoms with Gasteiger partial charge in [-0.1, -0.05) is 0 Å². The molecule has 2 aliphatic rings. The van der Waals surface area contributed by atoms with Gasteiger partial charge in [0.2, 0.25) is 0 Å². The van der Waals surface area contributed by atoms with Crippen molar-refractivity contribution < 1.29 is 9.53 Å². The van der Waals surface area contributed by atoms with Crippen LogP contribution in [0.1, 0.15) is 41.0 Å². The Labute approximate surface area is 114 Å². The molecule has 2 fully saturated rings. The molecule has 2 heterocycles. The standard InChI is InChI=1S/C15H22N2O2/c1-10-8-12(11(2)16-10)14(18)9-17-6-7-19-15-5-3-4-13(15)17/h8,13,15-16H,3-7,9H2,1-2H3. The van der Waals surface area contributed by atoms with E-state index in [0.29, 0.717) is 18.7 Å². The van der Waals surface area contributed by atoms with Gasteiger partial charge in [0.25, 0.3) is 0 Å². The minimum absolute atomic E-state index is 0.231. The van der Waals surface area contributed by atoms with Crippen LogP contribution in [0.15, 0.2) is 6.07 Å². The Balaban J connectivity index is 1.70. The molecule has 1 aromatic rings. The predicted octanol–water partition coefficient (Wildman–Crippen LogP) is 2.07. The SMILES string of the molecule is Cc1cc(C(=O)CN2CCOC3CCCC32)c(C)[nH]1. The van der Waals surface area contributed by atoms with E-state index in [2.05, 4.69) is 9.88 Å². The Morgan fingerprint density at radius 2 is 2.32 bits per heavy atom. The van der Waals surface area contributed by atoms with Gasteiger partial charge in [-0.2, -0.15) is 0 Å². The van der Waals surface area contributed by atoms with E-state index in [1.54, 1.807) is 0 Å². The maximum atomic E-state index is 12.4. The maximum absolute atomic E-state index is 12.4. The predicted molar refractivity (Wildman–Crippen MR) is 73.5 cm³/mol. The van der Waals surface area contributed by atoms with Gasteiger partial charge in [0.1, 0.15) is 0 Å². The van der Waals surface area contributed by atoms with Crippen LogP contribution in [-0.2, 0) is 4.74 Å². The molecule has 1 N–H and O–H groups in total. The van der Waals surface area contributed by atoms with Crippen molar-refractivity contribution in [3.8, 4) is 0 Å². The van der Waals surface area contributed by atoms with Gasteiger partial charge in [-0.3, -0.25) is 9.69 Å². The summed E-state index contributed by atoms with van der Waals surface area (Å²) in [6.07, 6.45) is 3.90. The molecule has 4 heteroatoms. The molecule has 1 saturated carbocycles. The zero-order valence-electron chi connectivity index (χ0n) is 11.7. The molecule has 0 bridgehead atoms. The topological polar surface area (TPSA) is 45.3 Å². The number of hydrogen-bond donors (Lipinski definition) is 1. The Morgan fingerprint density at radius 1 is 1.47 bits per heavy atom. The highest BCUT2D eigenvalue weighted by molar-refractivity contribution is 5.98. The molecular formula is C15H22N2O2. The number of aromatic amines is 1. The highest BCUT2D eigenvalue weighted by Gasteiger charge is 2.36. The molecule has 1 aliphatic carbocycles. The van der Waals surface area contributed by atoms with Gasteiger partial charge in [0, 0.05) is 29.5 Å². The second-order valence-corrected chi connectivity index (χ2v) is 5.79. The van der Waals surface area contributed by atoms with Gasteiger partial charge in [0.05, 0.1) is 19.3 Å². The van der Waals surface area contributed by atoms with Crippen LogP contribution in [0, 0.1) is 13.8 Å². The number of rotatable bonds is 3. The second kappa shape index (κ2) is 5.10. The van der Waals surface area contributed by atoms with Crippen molar-refractivity contribution in [2.24, 2.45) is 0 Å². The number of nitrogens with one attached hydrogen (secondary N) is 1. The lowest BCUT2D eigenvalue weighted by Crippen LogP contribution is -2.50. The van der Waals surface area contributed by atoms with Gasteiger partial charge in [-0.05, 0) is 39.2 Å². The third kappa shape index (κ3) is 2.47. The number of morpholine rings is 1. The van der Waals surface area contributed by atoms with E-state index in [4.69, 9.17) is 4.74 Å². The Morgan fingerprint density at radius 3 is 3.05 bits per heavy atom. The summed E-state index contributed by atoms with van der Waals surface area (Å²) in [5.74, 6) is 0.231. The van der Waals surface area contributed by atoms with Crippen molar-refractivity contribution in [1.82, 2.24) is 9.88 Å². The molecule has 1 aromatic heterocycles. The Bertz CT molecular complexity index is 480. The van der Waals surface area contributed by atoms with E-state index < -0.39 is 0 Å². The minimum Gasteiger partial charge on any atom is -0.375 e. The number of carbonyl (C=O) groups is 1. The van der Waals surface area contributed by atoms with E-state index in [1.165, 1.54) is 12.8 Å². The van der Waals surface area contributed by atoms with Crippen LogP contribution in [0.25, 0.3) is 0 Å². The summed E-state index contributed by atoms with van der Waals surface area (Å²) in [6.45, 7) is 6.14. The van der Waals surface area contributed by atoms with Crippen molar-refractivity contribution in [1.29, 1.82) is 0 Å². The largest absolute Gasteiger partial charge is 0.375 e. The first-order valence-corrected chi connectivity index (χ1v) is 7.20. The number of nitrogens with zero attached hydrogens (tertiary/aromatic N) is 1. The zero-order valence-corrected chi connectivity index (χ0v) is 11.7. The lowest BCUT2D eigenvalue weighted by Gasteiger charge is -2.37. The molecule has 4 nitrogen and oxygen atoms in total. The molecular weight excluding hydrogens is 240 g/mol. The van der Waals surface area contributed by atoms with Crippen molar-refractivity contribution in [2.45, 2.75) is 45.3 Å². The quantitative estimate of drug-likeness (QED) is 0.848. The van der Waals surface area contributed by atoms with E-state index in [1.807, 2.05) is 19.9 Å². The van der Waals surface area contributed by atoms with Crippen molar-refractivity contribution in [3.63, 3.8) is 0 Å². The smallest absolute Gasteiger partial charge is 0.178 e. The van der Waals surface area contributed by atoms with Crippen molar-refractivity contribution in [2.75, 3.05) is 19.7 Å². The van der Waals surface area contributed by atoms with Crippen LogP contribution >= 0.6 is 0 Å². The van der Waals surface area contributed by atoms with Gasteiger partial charge in [-0.25, -0.2) is 0 Å². The number of hydrogen-bond acceptors (Lipinski definition) is 3. The van der Waals surface area contributed by atoms with E-state index in [9.17, 15) is 4.79 Å². The first-order chi connectivity index (χ1) is 9.15. The molecule has 1 saturated heterocycles. The van der Waals surface area contributed by atoms with Crippen LogP contribution in [0.3, 0.4) is 0 Å². The first kappa shape index (κ1) is 12.9. The average molecular weight is 262 g/mol. The third-order valence-electron chi connectivity index (χ3n) is 4.39. The molecule has 2 unspecified atom stereocenters. The number of ketones is 1. The molecule has 3 rings (SSSR count). The van der Waals surface area contributed by atoms with Crippen LogP contribution in [0.5, 0.6) is 0 Å². The second-order valence-electron chi connectivity index (χ2n) is 5.79. The van der Waals surface area contributed by atoms with E-state index >= 15 is 0 Å². The highest BCUT2D eigenvalue weighted by atomic mass is 16.5. The van der Waals surface area contributed by atoms with Crippen LogP contribution in [0.2, 0.25) is 0 Å². The lowest BCUT2D eigenvalue weighted by molar-refractivity contribution is -0.0522. The van der Waals surface area contributed by atoms with Crippen LogP contribution in [0.4, 0.5) is 0 Å². The Hall–Kier alpha value is -1.13. The van der Waals surface area contributed by atoms with E-state index in [-0.39, 0.29) is 5.78 Å². The summed E-state index contributed by atoms with van der Waals surface area (Å²) in [7, 11) is 0. The summed E-state index contributed by atoms with van der Waals surface area (Å²) in [6, 6.07) is 2.42. The number of H-pyrrole nitrogens is 1. The fourth-order valence-corrected chi connectivity index (χ4v) is 3.49. The number of Topliss-reactive ketones (excluding diaryl/α,β-unsaturated/α-hetero) is 1. The zero-order chi connectivity index (χ0) is 13.4. The fraction of sp³-hybridized carbons (Fsp3) is 0.667. The molecule has 0 amide bonds. The summed E-state index contributed by atoms with van der Waals surface area (Å²) < 4.78 is 5.79. The summed E-state index contributed by atoms with van der Waals surface area (Å²) in [5.41, 5.74) is 2.89. The van der Waals surface area contributed by atoms with Crippen LogP contribution < -0.4 is 0 Å². The summed E-state index contributed by atoms with van der Waals surface area (Å²) >= 11 is 0. The number of carbonyl (C=O) groups excluding carboxylic acids is 1. The number of aryl methyl sites for hydroxylation is 2. The van der Waals surface area contributed by atoms with Crippen LogP contribution in [-0.4, -0.2) is 47.5 Å². The maximum Gasteiger partial charge on any atom is 0.178 e. The Kier molecular flexibility index (Phi) is 3.46.